The molecular weight excluding hydrogens is 538 g/mol. The molecule has 204 valence electrons. The van der Waals surface area contributed by atoms with Gasteiger partial charge in [-0.05, 0) is 76.7 Å². The molecule has 0 radical (unpaired) electrons. The summed E-state index contributed by atoms with van der Waals surface area (Å²) in [6.07, 6.45) is 0. The molecule has 0 aliphatic carbocycles. The van der Waals surface area contributed by atoms with Gasteiger partial charge in [-0.15, -0.1) is 0 Å². The molecule has 0 unspecified atom stereocenters. The van der Waals surface area contributed by atoms with Crippen LogP contribution in [0, 0.1) is 17.0 Å². The Morgan fingerprint density at radius 1 is 0.732 bits per heavy atom. The summed E-state index contributed by atoms with van der Waals surface area (Å²) in [5, 5.41) is 11.9. The second kappa shape index (κ2) is 11.7. The molecule has 5 rings (SSSR count). The van der Waals surface area contributed by atoms with Gasteiger partial charge in [0.1, 0.15) is 5.75 Å². The van der Waals surface area contributed by atoms with Gasteiger partial charge in [-0.2, -0.15) is 0 Å². The van der Waals surface area contributed by atoms with Crippen molar-refractivity contribution in [2.45, 2.75) is 6.92 Å². The van der Waals surface area contributed by atoms with Crippen LogP contribution in [0.25, 0.3) is 44.5 Å². The smallest absolute Gasteiger partial charge is 0.339 e. The molecule has 0 aliphatic rings. The number of hydrogen-bond acceptors (Lipinski definition) is 5. The Bertz CT molecular complexity index is 1760. The Morgan fingerprint density at radius 2 is 1.41 bits per heavy atom. The van der Waals surface area contributed by atoms with Gasteiger partial charge in [-0.1, -0.05) is 71.8 Å². The largest absolute Gasteiger partial charge is 0.497 e. The van der Waals surface area contributed by atoms with Gasteiger partial charge in [-0.25, -0.2) is 4.79 Å². The normalized spacial score (nSPS) is 10.7. The van der Waals surface area contributed by atoms with Crippen molar-refractivity contribution in [3.8, 4) is 50.3 Å². The summed E-state index contributed by atoms with van der Waals surface area (Å²) in [4.78, 5) is 24.7. The van der Waals surface area contributed by atoms with Crippen molar-refractivity contribution in [2.75, 3.05) is 14.2 Å². The number of hydrogen-bond donors (Lipinski definition) is 0. The lowest BCUT2D eigenvalue weighted by Gasteiger charge is -2.23. The van der Waals surface area contributed by atoms with Gasteiger partial charge in [0.15, 0.2) is 0 Å². The van der Waals surface area contributed by atoms with Gasteiger partial charge >= 0.3 is 5.97 Å². The monoisotopic (exact) mass is 563 g/mol. The summed E-state index contributed by atoms with van der Waals surface area (Å²) in [5.41, 5.74) is 7.18. The zero-order chi connectivity index (χ0) is 29.1. The number of rotatable bonds is 7. The number of nitro groups is 1. The van der Waals surface area contributed by atoms with Gasteiger partial charge in [0.25, 0.3) is 5.69 Å². The van der Waals surface area contributed by atoms with E-state index in [4.69, 9.17) is 21.1 Å². The van der Waals surface area contributed by atoms with Gasteiger partial charge in [-0.3, -0.25) is 10.1 Å². The van der Waals surface area contributed by atoms with Gasteiger partial charge in [0, 0.05) is 28.3 Å². The molecule has 0 amide bonds. The molecule has 7 heteroatoms. The molecule has 0 atom stereocenters. The van der Waals surface area contributed by atoms with E-state index in [1.165, 1.54) is 19.2 Å². The first-order valence-corrected chi connectivity index (χ1v) is 13.2. The average molecular weight is 564 g/mol. The summed E-state index contributed by atoms with van der Waals surface area (Å²) in [7, 11) is 2.96. The fraction of sp³-hybridized carbons (Fsp3) is 0.0882. The number of esters is 1. The second-order valence-corrected chi connectivity index (χ2v) is 9.88. The van der Waals surface area contributed by atoms with Crippen molar-refractivity contribution >= 4 is 23.3 Å². The highest BCUT2D eigenvalue weighted by atomic mass is 35.5. The Kier molecular flexibility index (Phi) is 7.86. The van der Waals surface area contributed by atoms with E-state index in [-0.39, 0.29) is 5.69 Å². The standard InChI is InChI=1S/C34H26ClNO5/c1-21-7-6-8-24(19-21)32-31(23-13-17-26(40-2)18-14-23)28(22-11-15-25(16-12-22)36(38)39)20-29(33(32)34(37)41-3)27-9-4-5-10-30(27)35/h4-20H,1-3H3. The van der Waals surface area contributed by atoms with E-state index in [0.29, 0.717) is 33.0 Å². The second-order valence-electron chi connectivity index (χ2n) is 9.47. The zero-order valence-electron chi connectivity index (χ0n) is 22.7. The molecule has 6 nitrogen and oxygen atoms in total. The number of non-ortho nitro benzene ring substituents is 1. The van der Waals surface area contributed by atoms with Crippen LogP contribution in [0.15, 0.2) is 103 Å². The summed E-state index contributed by atoms with van der Waals surface area (Å²) < 4.78 is 10.8. The van der Waals surface area contributed by atoms with Crippen molar-refractivity contribution in [2.24, 2.45) is 0 Å². The number of aryl methyl sites for hydroxylation is 1. The molecule has 0 aliphatic heterocycles. The number of ether oxygens (including phenoxy) is 2. The molecule has 41 heavy (non-hydrogen) atoms. The van der Waals surface area contributed by atoms with Crippen molar-refractivity contribution in [1.29, 1.82) is 0 Å². The van der Waals surface area contributed by atoms with E-state index in [1.54, 1.807) is 25.3 Å². The number of benzene rings is 5. The summed E-state index contributed by atoms with van der Waals surface area (Å²) in [5.74, 6) is 0.171. The number of halogens is 1. The molecule has 0 spiro atoms. The molecule has 0 aromatic heterocycles. The number of nitrogens with zero attached hydrogens (tertiary/aromatic N) is 1. The van der Waals surface area contributed by atoms with Crippen LogP contribution in [-0.4, -0.2) is 25.1 Å². The summed E-state index contributed by atoms with van der Waals surface area (Å²) in [6, 6.07) is 31.1. The molecule has 0 heterocycles. The number of carbonyl (C=O) groups is 1. The van der Waals surface area contributed by atoms with Crippen molar-refractivity contribution in [3.05, 3.63) is 129 Å². The third kappa shape index (κ3) is 5.42. The SMILES string of the molecule is COC(=O)c1c(-c2ccccc2Cl)cc(-c2ccc([N+](=O)[O-])cc2)c(-c2ccc(OC)cc2)c1-c1cccc(C)c1. The quantitative estimate of drug-likeness (QED) is 0.112. The third-order valence-electron chi connectivity index (χ3n) is 6.96. The molecule has 0 saturated carbocycles. The highest BCUT2D eigenvalue weighted by Gasteiger charge is 2.28. The third-order valence-corrected chi connectivity index (χ3v) is 7.29. The minimum Gasteiger partial charge on any atom is -0.497 e. The fourth-order valence-corrected chi connectivity index (χ4v) is 5.26. The first kappa shape index (κ1) is 27.6. The summed E-state index contributed by atoms with van der Waals surface area (Å²) >= 11 is 6.71. The maximum Gasteiger partial charge on any atom is 0.339 e. The highest BCUT2D eigenvalue weighted by molar-refractivity contribution is 6.33. The maximum atomic E-state index is 13.7. The van der Waals surface area contributed by atoms with E-state index in [0.717, 1.165) is 33.4 Å². The Labute approximate surface area is 242 Å². The number of carbonyl (C=O) groups excluding carboxylic acids is 1. The topological polar surface area (TPSA) is 78.7 Å². The lowest BCUT2D eigenvalue weighted by Crippen LogP contribution is -2.09. The van der Waals surface area contributed by atoms with E-state index < -0.39 is 10.9 Å². The predicted molar refractivity (Wildman–Crippen MR) is 162 cm³/mol. The van der Waals surface area contributed by atoms with Crippen LogP contribution in [0.2, 0.25) is 5.02 Å². The Morgan fingerprint density at radius 3 is 2.02 bits per heavy atom. The lowest BCUT2D eigenvalue weighted by molar-refractivity contribution is -0.384. The molecular formula is C34H26ClNO5. The molecule has 5 aromatic carbocycles. The van der Waals surface area contributed by atoms with Crippen molar-refractivity contribution in [1.82, 2.24) is 0 Å². The molecule has 5 aromatic rings. The van der Waals surface area contributed by atoms with E-state index >= 15 is 0 Å². The molecule has 0 saturated heterocycles. The van der Waals surface area contributed by atoms with Crippen molar-refractivity contribution in [3.63, 3.8) is 0 Å². The molecule has 0 bridgehead atoms. The van der Waals surface area contributed by atoms with E-state index in [9.17, 15) is 14.9 Å². The van der Waals surface area contributed by atoms with Gasteiger partial charge in [0.05, 0.1) is 24.7 Å². The average Bonchev–Trinajstić information content (AvgIpc) is 3.00. The van der Waals surface area contributed by atoms with Crippen LogP contribution in [-0.2, 0) is 4.74 Å². The summed E-state index contributed by atoms with van der Waals surface area (Å²) in [6.45, 7) is 1.99. The number of nitro benzene ring substituents is 1. The highest BCUT2D eigenvalue weighted by Crippen LogP contribution is 2.48. The molecule has 0 fully saturated rings. The van der Waals surface area contributed by atoms with Crippen molar-refractivity contribution < 1.29 is 19.2 Å². The van der Waals surface area contributed by atoms with E-state index in [1.807, 2.05) is 79.7 Å². The van der Waals surface area contributed by atoms with Crippen LogP contribution in [0.1, 0.15) is 15.9 Å². The van der Waals surface area contributed by atoms with Crippen LogP contribution in [0.5, 0.6) is 5.75 Å². The van der Waals surface area contributed by atoms with E-state index in [2.05, 4.69) is 0 Å². The molecule has 0 N–H and O–H groups in total. The fourth-order valence-electron chi connectivity index (χ4n) is 5.03. The van der Waals surface area contributed by atoms with Crippen LogP contribution >= 0.6 is 11.6 Å². The minimum absolute atomic E-state index is 0.0174. The number of methoxy groups -OCH3 is 2. The first-order valence-electron chi connectivity index (χ1n) is 12.8. The van der Waals surface area contributed by atoms with Gasteiger partial charge < -0.3 is 9.47 Å². The van der Waals surface area contributed by atoms with Gasteiger partial charge in [0.2, 0.25) is 0 Å². The van der Waals surface area contributed by atoms with Crippen LogP contribution < -0.4 is 4.74 Å². The predicted octanol–water partition coefficient (Wildman–Crippen LogP) is 9.02. The lowest BCUT2D eigenvalue weighted by atomic mass is 9.80. The maximum absolute atomic E-state index is 13.7. The van der Waals surface area contributed by atoms with Crippen LogP contribution in [0.3, 0.4) is 0 Å². The Hall–Kier alpha value is -4.94. The zero-order valence-corrected chi connectivity index (χ0v) is 23.4. The first-order chi connectivity index (χ1) is 19.8. The van der Waals surface area contributed by atoms with Crippen LogP contribution in [0.4, 0.5) is 5.69 Å². The minimum atomic E-state index is -0.513. The Balaban J connectivity index is 2.00.